The standard InChI is InChI=1S/C15H16N4O2/c1-9-6-15(17-8-14(9)19(20)21)18-13-5-2-10-7-11(16)3-4-12(10)13/h3-4,6-8,13H,2,5,16H2,1H3,(H,17,18). The predicted octanol–water partition coefficient (Wildman–Crippen LogP) is 2.98. The van der Waals surface area contributed by atoms with Gasteiger partial charge in [-0.05, 0) is 49.1 Å². The Morgan fingerprint density at radius 2 is 2.24 bits per heavy atom. The third-order valence-electron chi connectivity index (χ3n) is 3.85. The fourth-order valence-corrected chi connectivity index (χ4v) is 2.78. The number of nitro groups is 1. The van der Waals surface area contributed by atoms with Gasteiger partial charge in [0.25, 0.3) is 5.69 Å². The van der Waals surface area contributed by atoms with Crippen LogP contribution in [-0.2, 0) is 6.42 Å². The van der Waals surface area contributed by atoms with Crippen LogP contribution >= 0.6 is 0 Å². The number of fused-ring (bicyclic) bond motifs is 1. The summed E-state index contributed by atoms with van der Waals surface area (Å²) in [6.07, 6.45) is 3.25. The smallest absolute Gasteiger partial charge is 0.290 e. The van der Waals surface area contributed by atoms with E-state index in [0.29, 0.717) is 11.4 Å². The summed E-state index contributed by atoms with van der Waals surface area (Å²) < 4.78 is 0. The summed E-state index contributed by atoms with van der Waals surface area (Å²) in [6.45, 7) is 1.72. The van der Waals surface area contributed by atoms with Crippen molar-refractivity contribution in [3.8, 4) is 0 Å². The first-order valence-electron chi connectivity index (χ1n) is 6.80. The number of pyridine rings is 1. The molecule has 2 aromatic rings. The van der Waals surface area contributed by atoms with Crippen molar-refractivity contribution in [1.82, 2.24) is 4.98 Å². The lowest BCUT2D eigenvalue weighted by atomic mass is 10.1. The SMILES string of the molecule is Cc1cc(NC2CCc3cc(N)ccc32)ncc1[N+](=O)[O-]. The van der Waals surface area contributed by atoms with Gasteiger partial charge in [0.15, 0.2) is 0 Å². The van der Waals surface area contributed by atoms with E-state index in [1.807, 2.05) is 18.2 Å². The number of nitrogen functional groups attached to an aromatic ring is 1. The van der Waals surface area contributed by atoms with Crippen LogP contribution in [-0.4, -0.2) is 9.91 Å². The maximum Gasteiger partial charge on any atom is 0.290 e. The fourth-order valence-electron chi connectivity index (χ4n) is 2.78. The summed E-state index contributed by atoms with van der Waals surface area (Å²) in [6, 6.07) is 7.83. The molecule has 108 valence electrons. The number of aromatic nitrogens is 1. The molecule has 21 heavy (non-hydrogen) atoms. The van der Waals surface area contributed by atoms with Crippen LogP contribution in [0.1, 0.15) is 29.2 Å². The van der Waals surface area contributed by atoms with Gasteiger partial charge in [0.1, 0.15) is 12.0 Å². The van der Waals surface area contributed by atoms with Crippen LogP contribution in [0.4, 0.5) is 17.2 Å². The Morgan fingerprint density at radius 1 is 1.43 bits per heavy atom. The van der Waals surface area contributed by atoms with Crippen LogP contribution < -0.4 is 11.1 Å². The number of rotatable bonds is 3. The van der Waals surface area contributed by atoms with Crippen LogP contribution in [0.2, 0.25) is 0 Å². The molecule has 3 N–H and O–H groups in total. The van der Waals surface area contributed by atoms with E-state index in [9.17, 15) is 10.1 Å². The van der Waals surface area contributed by atoms with E-state index in [1.54, 1.807) is 13.0 Å². The average molecular weight is 284 g/mol. The molecule has 0 aliphatic heterocycles. The Labute approximate surface area is 122 Å². The highest BCUT2D eigenvalue weighted by Crippen LogP contribution is 2.35. The number of nitrogens with zero attached hydrogens (tertiary/aromatic N) is 2. The molecule has 0 radical (unpaired) electrons. The second kappa shape index (κ2) is 5.05. The van der Waals surface area contributed by atoms with E-state index in [1.165, 1.54) is 17.3 Å². The minimum Gasteiger partial charge on any atom is -0.399 e. The van der Waals surface area contributed by atoms with Gasteiger partial charge < -0.3 is 11.1 Å². The molecule has 1 unspecified atom stereocenters. The molecule has 1 heterocycles. The predicted molar refractivity (Wildman–Crippen MR) is 81.2 cm³/mol. The molecule has 6 nitrogen and oxygen atoms in total. The first kappa shape index (κ1) is 13.4. The molecule has 1 aromatic heterocycles. The van der Waals surface area contributed by atoms with Gasteiger partial charge in [-0.2, -0.15) is 0 Å². The monoisotopic (exact) mass is 284 g/mol. The number of nitrogens with one attached hydrogen (secondary N) is 1. The van der Waals surface area contributed by atoms with Crippen LogP contribution in [0.3, 0.4) is 0 Å². The first-order valence-corrected chi connectivity index (χ1v) is 6.80. The van der Waals surface area contributed by atoms with Crippen molar-refractivity contribution in [3.63, 3.8) is 0 Å². The molecule has 1 atom stereocenters. The molecular weight excluding hydrogens is 268 g/mol. The van der Waals surface area contributed by atoms with Crippen molar-refractivity contribution in [2.75, 3.05) is 11.1 Å². The largest absolute Gasteiger partial charge is 0.399 e. The lowest BCUT2D eigenvalue weighted by molar-refractivity contribution is -0.385. The van der Waals surface area contributed by atoms with Gasteiger partial charge in [-0.25, -0.2) is 4.98 Å². The Balaban J connectivity index is 1.83. The molecule has 0 amide bonds. The molecular formula is C15H16N4O2. The molecule has 0 fully saturated rings. The minimum absolute atomic E-state index is 0.0418. The van der Waals surface area contributed by atoms with E-state index in [0.717, 1.165) is 18.5 Å². The van der Waals surface area contributed by atoms with E-state index in [2.05, 4.69) is 10.3 Å². The van der Waals surface area contributed by atoms with Crippen molar-refractivity contribution >= 4 is 17.2 Å². The highest BCUT2D eigenvalue weighted by molar-refractivity contribution is 5.52. The van der Waals surface area contributed by atoms with Gasteiger partial charge in [0, 0.05) is 11.3 Å². The van der Waals surface area contributed by atoms with Crippen LogP contribution in [0, 0.1) is 17.0 Å². The maximum absolute atomic E-state index is 10.8. The summed E-state index contributed by atoms with van der Waals surface area (Å²) in [5.74, 6) is 0.660. The number of nitrogens with two attached hydrogens (primary N) is 1. The third kappa shape index (κ3) is 2.52. The summed E-state index contributed by atoms with van der Waals surface area (Å²) in [7, 11) is 0. The van der Waals surface area contributed by atoms with Gasteiger partial charge >= 0.3 is 0 Å². The summed E-state index contributed by atoms with van der Waals surface area (Å²) >= 11 is 0. The van der Waals surface area contributed by atoms with Crippen molar-refractivity contribution in [2.24, 2.45) is 0 Å². The molecule has 0 saturated carbocycles. The number of aryl methyl sites for hydroxylation is 2. The van der Waals surface area contributed by atoms with E-state index in [-0.39, 0.29) is 11.7 Å². The van der Waals surface area contributed by atoms with Gasteiger partial charge in [-0.3, -0.25) is 10.1 Å². The molecule has 0 saturated heterocycles. The lowest BCUT2D eigenvalue weighted by Gasteiger charge is -2.15. The molecule has 1 aliphatic carbocycles. The molecule has 0 spiro atoms. The number of anilines is 2. The quantitative estimate of drug-likeness (QED) is 0.513. The minimum atomic E-state index is -0.417. The van der Waals surface area contributed by atoms with Gasteiger partial charge in [-0.1, -0.05) is 6.07 Å². The zero-order chi connectivity index (χ0) is 15.0. The third-order valence-corrected chi connectivity index (χ3v) is 3.85. The number of hydrogen-bond acceptors (Lipinski definition) is 5. The van der Waals surface area contributed by atoms with Crippen molar-refractivity contribution in [1.29, 1.82) is 0 Å². The van der Waals surface area contributed by atoms with Crippen molar-refractivity contribution < 1.29 is 4.92 Å². The first-order chi connectivity index (χ1) is 10.0. The summed E-state index contributed by atoms with van der Waals surface area (Å²) in [5, 5.41) is 14.2. The van der Waals surface area contributed by atoms with E-state index < -0.39 is 4.92 Å². The Bertz CT molecular complexity index is 715. The summed E-state index contributed by atoms with van der Waals surface area (Å²) in [4.78, 5) is 14.5. The zero-order valence-electron chi connectivity index (χ0n) is 11.7. The second-order valence-corrected chi connectivity index (χ2v) is 5.31. The van der Waals surface area contributed by atoms with E-state index in [4.69, 9.17) is 5.73 Å². The second-order valence-electron chi connectivity index (χ2n) is 5.31. The van der Waals surface area contributed by atoms with Crippen molar-refractivity contribution in [2.45, 2.75) is 25.8 Å². The molecule has 1 aliphatic rings. The molecule has 3 rings (SSSR count). The number of benzene rings is 1. The Kier molecular flexibility index (Phi) is 3.21. The zero-order valence-corrected chi connectivity index (χ0v) is 11.7. The number of hydrogen-bond donors (Lipinski definition) is 2. The fraction of sp³-hybridized carbons (Fsp3) is 0.267. The van der Waals surface area contributed by atoms with Crippen LogP contribution in [0.15, 0.2) is 30.5 Å². The normalized spacial score (nSPS) is 16.5. The van der Waals surface area contributed by atoms with Gasteiger partial charge in [0.2, 0.25) is 0 Å². The van der Waals surface area contributed by atoms with Crippen molar-refractivity contribution in [3.05, 3.63) is 57.3 Å². The highest BCUT2D eigenvalue weighted by atomic mass is 16.6. The maximum atomic E-state index is 10.8. The van der Waals surface area contributed by atoms with Crippen LogP contribution in [0.25, 0.3) is 0 Å². The van der Waals surface area contributed by atoms with Gasteiger partial charge in [0.05, 0.1) is 11.0 Å². The Hall–Kier alpha value is -2.63. The Morgan fingerprint density at radius 3 is 2.95 bits per heavy atom. The summed E-state index contributed by atoms with van der Waals surface area (Å²) in [5.41, 5.74) is 9.70. The van der Waals surface area contributed by atoms with Crippen LogP contribution in [0.5, 0.6) is 0 Å². The lowest BCUT2D eigenvalue weighted by Crippen LogP contribution is -2.09. The highest BCUT2D eigenvalue weighted by Gasteiger charge is 2.23. The molecule has 6 heteroatoms. The van der Waals surface area contributed by atoms with E-state index >= 15 is 0 Å². The molecule has 1 aromatic carbocycles. The topological polar surface area (TPSA) is 94.1 Å². The molecule has 0 bridgehead atoms. The van der Waals surface area contributed by atoms with Gasteiger partial charge in [-0.15, -0.1) is 0 Å². The average Bonchev–Trinajstić information content (AvgIpc) is 2.80.